The lowest BCUT2D eigenvalue weighted by Gasteiger charge is -2.13. The maximum Gasteiger partial charge on any atom is 0.416 e. The first kappa shape index (κ1) is 21.8. The Morgan fingerprint density at radius 3 is 2.25 bits per heavy atom. The molecule has 2 aromatic rings. The van der Waals surface area contributed by atoms with Crippen LogP contribution in [-0.2, 0) is 16.3 Å². The van der Waals surface area contributed by atoms with Gasteiger partial charge in [0.15, 0.2) is 0 Å². The lowest BCUT2D eigenvalue weighted by atomic mass is 10.2. The Morgan fingerprint density at radius 2 is 1.75 bits per heavy atom. The van der Waals surface area contributed by atoms with Crippen LogP contribution in [0.25, 0.3) is 0 Å². The van der Waals surface area contributed by atoms with Crippen molar-refractivity contribution in [2.75, 3.05) is 0 Å². The molecule has 0 aliphatic carbocycles. The van der Waals surface area contributed by atoms with E-state index in [0.29, 0.717) is 6.07 Å². The molecule has 0 bridgehead atoms. The lowest BCUT2D eigenvalue weighted by molar-refractivity contribution is -0.385. The Kier molecular flexibility index (Phi) is 6.09. The van der Waals surface area contributed by atoms with E-state index in [1.54, 1.807) is 0 Å². The molecule has 0 unspecified atom stereocenters. The van der Waals surface area contributed by atoms with Crippen LogP contribution in [0.3, 0.4) is 0 Å². The van der Waals surface area contributed by atoms with Crippen molar-refractivity contribution in [2.45, 2.75) is 25.3 Å². The zero-order valence-corrected chi connectivity index (χ0v) is 15.9. The molecule has 152 valence electrons. The van der Waals surface area contributed by atoms with Gasteiger partial charge in [0.05, 0.1) is 20.8 Å². The number of rotatable bonds is 6. The maximum absolute atomic E-state index is 12.7. The Bertz CT molecular complexity index is 1010. The lowest BCUT2D eigenvalue weighted by Crippen LogP contribution is -2.20. The topological polar surface area (TPSA) is 95.7 Å². The smallest absolute Gasteiger partial charge is 0.416 e. The summed E-state index contributed by atoms with van der Waals surface area (Å²) in [6.45, 7) is 2.65. The summed E-state index contributed by atoms with van der Waals surface area (Å²) >= 11 is 5.79. The minimum absolute atomic E-state index is 0.124. The molecule has 0 radical (unpaired) electrons. The molecule has 0 aromatic heterocycles. The van der Waals surface area contributed by atoms with E-state index in [1.165, 1.54) is 13.8 Å². The van der Waals surface area contributed by atoms with Crippen molar-refractivity contribution in [1.29, 1.82) is 0 Å². The monoisotopic (exact) mass is 439 g/mol. The number of ether oxygens (including phenoxy) is 1. The molecule has 2 rings (SSSR count). The van der Waals surface area contributed by atoms with Crippen molar-refractivity contribution in [3.05, 3.63) is 57.1 Å². The molecular weight excluding hydrogens is 427 g/mol. The minimum atomic E-state index is -4.60. The van der Waals surface area contributed by atoms with Gasteiger partial charge in [0.2, 0.25) is 5.75 Å². The molecule has 28 heavy (non-hydrogen) atoms. The fourth-order valence-corrected chi connectivity index (χ4v) is 2.68. The number of alkyl halides is 3. The van der Waals surface area contributed by atoms with Crippen molar-refractivity contribution < 1.29 is 35.4 Å². The van der Waals surface area contributed by atoms with Crippen LogP contribution in [0.2, 0.25) is 5.02 Å². The Labute approximate surface area is 162 Å². The average Bonchev–Trinajstić information content (AvgIpc) is 2.55. The van der Waals surface area contributed by atoms with E-state index in [0.717, 1.165) is 30.3 Å². The molecule has 0 saturated heterocycles. The molecule has 12 heteroatoms. The first-order valence-electron chi connectivity index (χ1n) is 7.57. The molecule has 0 aliphatic heterocycles. The second-order valence-electron chi connectivity index (χ2n) is 5.76. The SMILES string of the molecule is CC(C)S(=O)(=O)Oc1cc(Oc2ccc(C(F)(F)F)cc2Cl)ccc1[N+](=O)[O-]. The summed E-state index contributed by atoms with van der Waals surface area (Å²) < 4.78 is 72.0. The van der Waals surface area contributed by atoms with E-state index in [-0.39, 0.29) is 16.5 Å². The summed E-state index contributed by atoms with van der Waals surface area (Å²) in [5, 5.41) is 9.77. The third-order valence-electron chi connectivity index (χ3n) is 3.40. The number of nitro groups is 1. The highest BCUT2D eigenvalue weighted by molar-refractivity contribution is 7.87. The van der Waals surface area contributed by atoms with Gasteiger partial charge < -0.3 is 8.92 Å². The normalized spacial score (nSPS) is 12.1. The molecule has 0 fully saturated rings. The van der Waals surface area contributed by atoms with Crippen LogP contribution >= 0.6 is 11.6 Å². The highest BCUT2D eigenvalue weighted by atomic mass is 35.5. The number of hydrogen-bond donors (Lipinski definition) is 0. The van der Waals surface area contributed by atoms with Crippen LogP contribution in [0.15, 0.2) is 36.4 Å². The van der Waals surface area contributed by atoms with Crippen molar-refractivity contribution in [2.24, 2.45) is 0 Å². The number of nitrogens with zero attached hydrogens (tertiary/aromatic N) is 1. The molecule has 2 aromatic carbocycles. The third-order valence-corrected chi connectivity index (χ3v) is 5.26. The van der Waals surface area contributed by atoms with Crippen molar-refractivity contribution in [3.63, 3.8) is 0 Å². The van der Waals surface area contributed by atoms with Crippen molar-refractivity contribution >= 4 is 27.4 Å². The highest BCUT2D eigenvalue weighted by Crippen LogP contribution is 2.39. The van der Waals surface area contributed by atoms with Crippen LogP contribution in [0.4, 0.5) is 18.9 Å². The van der Waals surface area contributed by atoms with Crippen LogP contribution < -0.4 is 8.92 Å². The van der Waals surface area contributed by atoms with Crippen LogP contribution in [0.5, 0.6) is 17.2 Å². The van der Waals surface area contributed by atoms with Gasteiger partial charge in [0.1, 0.15) is 11.5 Å². The van der Waals surface area contributed by atoms with Crippen LogP contribution in [-0.4, -0.2) is 18.6 Å². The van der Waals surface area contributed by atoms with E-state index in [9.17, 15) is 31.7 Å². The molecule has 0 amide bonds. The second kappa shape index (κ2) is 7.84. The predicted molar refractivity (Wildman–Crippen MR) is 94.3 cm³/mol. The van der Waals surface area contributed by atoms with Crippen LogP contribution in [0.1, 0.15) is 19.4 Å². The molecular formula is C16H13ClF3NO6S. The Hall–Kier alpha value is -2.53. The third kappa shape index (κ3) is 5.04. The number of hydrogen-bond acceptors (Lipinski definition) is 6. The van der Waals surface area contributed by atoms with Gasteiger partial charge in [-0.1, -0.05) is 11.6 Å². The average molecular weight is 440 g/mol. The van der Waals surface area contributed by atoms with E-state index in [1.807, 2.05) is 0 Å². The molecule has 0 saturated carbocycles. The highest BCUT2D eigenvalue weighted by Gasteiger charge is 2.31. The van der Waals surface area contributed by atoms with Crippen molar-refractivity contribution in [1.82, 2.24) is 0 Å². The van der Waals surface area contributed by atoms with Gasteiger partial charge in [0, 0.05) is 12.1 Å². The van der Waals surface area contributed by atoms with Gasteiger partial charge in [-0.25, -0.2) is 0 Å². The largest absolute Gasteiger partial charge is 0.456 e. The zero-order valence-electron chi connectivity index (χ0n) is 14.4. The van der Waals surface area contributed by atoms with E-state index >= 15 is 0 Å². The molecule has 0 heterocycles. The number of halogens is 4. The number of nitro benzene ring substituents is 1. The summed E-state index contributed by atoms with van der Waals surface area (Å²) in [7, 11) is -4.14. The fourth-order valence-electron chi connectivity index (χ4n) is 1.88. The zero-order chi connectivity index (χ0) is 21.3. The van der Waals surface area contributed by atoms with Gasteiger partial charge in [-0.05, 0) is 38.1 Å². The van der Waals surface area contributed by atoms with Gasteiger partial charge in [-0.15, -0.1) is 0 Å². The minimum Gasteiger partial charge on any atom is -0.456 e. The molecule has 0 N–H and O–H groups in total. The van der Waals surface area contributed by atoms with Gasteiger partial charge in [-0.2, -0.15) is 21.6 Å². The fraction of sp³-hybridized carbons (Fsp3) is 0.250. The molecule has 0 spiro atoms. The Morgan fingerprint density at radius 1 is 1.11 bits per heavy atom. The first-order valence-corrected chi connectivity index (χ1v) is 9.42. The second-order valence-corrected chi connectivity index (χ2v) is 8.26. The standard InChI is InChI=1S/C16H13ClF3NO6S/c1-9(2)28(24,25)27-15-8-11(4-5-13(15)21(22)23)26-14-6-3-10(7-12(14)17)16(18,19)20/h3-9H,1-2H3. The molecule has 0 aliphatic rings. The molecule has 0 atom stereocenters. The van der Waals surface area contributed by atoms with Crippen molar-refractivity contribution in [3.8, 4) is 17.2 Å². The summed E-state index contributed by atoms with van der Waals surface area (Å²) in [5.41, 5.74) is -1.62. The quantitative estimate of drug-likeness (QED) is 0.350. The Balaban J connectivity index is 2.40. The van der Waals surface area contributed by atoms with E-state index < -0.39 is 43.5 Å². The first-order chi connectivity index (χ1) is 12.8. The maximum atomic E-state index is 12.7. The predicted octanol–water partition coefficient (Wildman–Crippen LogP) is 5.18. The van der Waals surface area contributed by atoms with Gasteiger partial charge >= 0.3 is 22.0 Å². The summed E-state index contributed by atoms with van der Waals surface area (Å²) in [4.78, 5) is 10.2. The van der Waals surface area contributed by atoms with Gasteiger partial charge in [0.25, 0.3) is 0 Å². The van der Waals surface area contributed by atoms with E-state index in [4.69, 9.17) is 20.5 Å². The number of benzene rings is 2. The molecule has 7 nitrogen and oxygen atoms in total. The summed E-state index contributed by atoms with van der Waals surface area (Å²) in [5.74, 6) is -0.887. The summed E-state index contributed by atoms with van der Waals surface area (Å²) in [6, 6.07) is 5.37. The summed E-state index contributed by atoms with van der Waals surface area (Å²) in [6.07, 6.45) is -4.60. The van der Waals surface area contributed by atoms with E-state index in [2.05, 4.69) is 0 Å². The van der Waals surface area contributed by atoms with Crippen LogP contribution in [0, 0.1) is 10.1 Å². The van der Waals surface area contributed by atoms with Gasteiger partial charge in [-0.3, -0.25) is 10.1 Å².